The molecule has 0 aliphatic carbocycles. The maximum atomic E-state index is 12.3. The van der Waals surface area contributed by atoms with E-state index in [1.165, 1.54) is 17.1 Å². The molecule has 1 aromatic carbocycles. The summed E-state index contributed by atoms with van der Waals surface area (Å²) in [5, 5.41) is 26.5. The first-order chi connectivity index (χ1) is 14.0. The smallest absolute Gasteiger partial charge is 0.253 e. The van der Waals surface area contributed by atoms with Gasteiger partial charge in [0, 0.05) is 26.0 Å². The van der Waals surface area contributed by atoms with Crippen LogP contribution in [0.15, 0.2) is 48.8 Å². The van der Waals surface area contributed by atoms with E-state index in [1.54, 1.807) is 43.5 Å². The molecule has 0 radical (unpaired) electrons. The predicted molar refractivity (Wildman–Crippen MR) is 107 cm³/mol. The van der Waals surface area contributed by atoms with Gasteiger partial charge in [0.15, 0.2) is 5.82 Å². The first-order valence-electron chi connectivity index (χ1n) is 9.07. The number of ether oxygens (including phenoxy) is 1. The van der Waals surface area contributed by atoms with Crippen molar-refractivity contribution in [3.05, 3.63) is 59.9 Å². The van der Waals surface area contributed by atoms with Crippen LogP contribution in [0.3, 0.4) is 0 Å². The van der Waals surface area contributed by atoms with E-state index >= 15 is 0 Å². The number of aromatic hydroxyl groups is 1. The minimum atomic E-state index is -0.226. The quantitative estimate of drug-likeness (QED) is 0.640. The lowest BCUT2D eigenvalue weighted by Gasteiger charge is -2.13. The molecule has 8 nitrogen and oxygen atoms in total. The number of pyridine rings is 1. The molecule has 0 unspecified atom stereocenters. The van der Waals surface area contributed by atoms with Crippen LogP contribution in [-0.2, 0) is 4.74 Å². The normalized spacial score (nSPS) is 11.6. The first kappa shape index (κ1) is 20.0. The van der Waals surface area contributed by atoms with Gasteiger partial charge in [-0.25, -0.2) is 4.98 Å². The number of benzene rings is 1. The lowest BCUT2D eigenvalue weighted by Crippen LogP contribution is -2.33. The van der Waals surface area contributed by atoms with Crippen molar-refractivity contribution in [1.29, 1.82) is 5.26 Å². The molecular weight excluding hydrogens is 370 g/mol. The maximum Gasteiger partial charge on any atom is 0.253 e. The van der Waals surface area contributed by atoms with Crippen LogP contribution in [0.5, 0.6) is 5.88 Å². The van der Waals surface area contributed by atoms with Crippen molar-refractivity contribution in [3.63, 3.8) is 0 Å². The van der Waals surface area contributed by atoms with E-state index in [0.717, 1.165) is 5.56 Å². The van der Waals surface area contributed by atoms with Crippen LogP contribution >= 0.6 is 0 Å². The van der Waals surface area contributed by atoms with Crippen molar-refractivity contribution in [1.82, 2.24) is 20.1 Å². The summed E-state index contributed by atoms with van der Waals surface area (Å²) in [6.45, 7) is 2.48. The number of hydrogen-bond donors (Lipinski definition) is 2. The number of aromatic nitrogens is 3. The summed E-state index contributed by atoms with van der Waals surface area (Å²) < 4.78 is 6.30. The van der Waals surface area contributed by atoms with Crippen LogP contribution in [-0.4, -0.2) is 45.5 Å². The molecule has 0 spiro atoms. The summed E-state index contributed by atoms with van der Waals surface area (Å²) in [6, 6.07) is 12.1. The Labute approximate surface area is 168 Å². The standard InChI is InChI=1S/C21H21N5O3/c1-14(9-10-29-2)25-20(27)17-7-8-19(23-12-17)26-21(28)18(13-24-26)16-5-3-15(11-22)4-6-16/h3-8,12-14,28H,9-10H2,1-2H3,(H,25,27)/t14-/m0/s1. The Bertz CT molecular complexity index is 1020. The minimum Gasteiger partial charge on any atom is -0.493 e. The number of carbonyl (C=O) groups excluding carboxylic acids is 1. The number of rotatable bonds is 7. The predicted octanol–water partition coefficient (Wildman–Crippen LogP) is 2.67. The molecule has 29 heavy (non-hydrogen) atoms. The second-order valence-corrected chi connectivity index (χ2v) is 6.54. The Morgan fingerprint density at radius 1 is 1.28 bits per heavy atom. The van der Waals surface area contributed by atoms with Crippen molar-refractivity contribution in [2.24, 2.45) is 0 Å². The Morgan fingerprint density at radius 2 is 2.03 bits per heavy atom. The van der Waals surface area contributed by atoms with Crippen molar-refractivity contribution in [2.75, 3.05) is 13.7 Å². The summed E-state index contributed by atoms with van der Waals surface area (Å²) in [4.78, 5) is 16.5. The van der Waals surface area contributed by atoms with Crippen molar-refractivity contribution in [2.45, 2.75) is 19.4 Å². The second kappa shape index (κ2) is 8.99. The van der Waals surface area contributed by atoms with Gasteiger partial charge in [0.2, 0.25) is 5.88 Å². The summed E-state index contributed by atoms with van der Waals surface area (Å²) >= 11 is 0. The SMILES string of the molecule is COCC[C@H](C)NC(=O)c1ccc(-n2ncc(-c3ccc(C#N)cc3)c2O)nc1. The molecule has 148 valence electrons. The lowest BCUT2D eigenvalue weighted by atomic mass is 10.1. The molecule has 3 aromatic rings. The molecular formula is C21H21N5O3. The third kappa shape index (κ3) is 4.59. The van der Waals surface area contributed by atoms with Crippen LogP contribution in [0.1, 0.15) is 29.3 Å². The molecule has 2 N–H and O–H groups in total. The molecule has 0 bridgehead atoms. The van der Waals surface area contributed by atoms with Crippen molar-refractivity contribution >= 4 is 5.91 Å². The highest BCUT2D eigenvalue weighted by atomic mass is 16.5. The highest BCUT2D eigenvalue weighted by molar-refractivity contribution is 5.94. The van der Waals surface area contributed by atoms with E-state index < -0.39 is 0 Å². The number of hydrogen-bond acceptors (Lipinski definition) is 6. The molecule has 0 saturated heterocycles. The van der Waals surface area contributed by atoms with Crippen LogP contribution in [0.2, 0.25) is 0 Å². The average Bonchev–Trinajstić information content (AvgIpc) is 3.13. The van der Waals surface area contributed by atoms with Crippen molar-refractivity contribution in [3.8, 4) is 28.9 Å². The third-order valence-corrected chi connectivity index (χ3v) is 4.43. The van der Waals surface area contributed by atoms with Gasteiger partial charge in [-0.05, 0) is 43.2 Å². The van der Waals surface area contributed by atoms with E-state index in [-0.39, 0.29) is 17.8 Å². The fraction of sp³-hybridized carbons (Fsp3) is 0.238. The summed E-state index contributed by atoms with van der Waals surface area (Å²) in [5.74, 6) is 0.0783. The third-order valence-electron chi connectivity index (χ3n) is 4.43. The second-order valence-electron chi connectivity index (χ2n) is 6.54. The van der Waals surface area contributed by atoms with Gasteiger partial charge in [0.25, 0.3) is 5.91 Å². The number of nitrogens with zero attached hydrogens (tertiary/aromatic N) is 4. The number of carbonyl (C=O) groups is 1. The van der Waals surface area contributed by atoms with E-state index in [0.29, 0.717) is 35.5 Å². The molecule has 1 amide bonds. The van der Waals surface area contributed by atoms with Gasteiger partial charge in [0.1, 0.15) is 0 Å². The monoisotopic (exact) mass is 391 g/mol. The van der Waals surface area contributed by atoms with Gasteiger partial charge in [-0.2, -0.15) is 15.0 Å². The molecule has 3 rings (SSSR count). The number of nitrogens with one attached hydrogen (secondary N) is 1. The molecule has 2 heterocycles. The molecule has 8 heteroatoms. The number of methoxy groups -OCH3 is 1. The Kier molecular flexibility index (Phi) is 6.22. The largest absolute Gasteiger partial charge is 0.493 e. The van der Waals surface area contributed by atoms with Gasteiger partial charge in [-0.3, -0.25) is 4.79 Å². The zero-order valence-corrected chi connectivity index (χ0v) is 16.2. The van der Waals surface area contributed by atoms with Gasteiger partial charge < -0.3 is 15.2 Å². The van der Waals surface area contributed by atoms with E-state index in [9.17, 15) is 9.90 Å². The van der Waals surface area contributed by atoms with Crippen LogP contribution in [0.25, 0.3) is 16.9 Å². The Hall–Kier alpha value is -3.70. The van der Waals surface area contributed by atoms with Gasteiger partial charge in [-0.1, -0.05) is 12.1 Å². The number of nitriles is 1. The van der Waals surface area contributed by atoms with E-state index in [2.05, 4.69) is 21.5 Å². The molecule has 0 aliphatic rings. The van der Waals surface area contributed by atoms with Crippen LogP contribution in [0, 0.1) is 11.3 Å². The van der Waals surface area contributed by atoms with Gasteiger partial charge in [0.05, 0.1) is 29.0 Å². The minimum absolute atomic E-state index is 0.0210. The van der Waals surface area contributed by atoms with Gasteiger partial charge in [-0.15, -0.1) is 0 Å². The summed E-state index contributed by atoms with van der Waals surface area (Å²) in [6.07, 6.45) is 3.68. The lowest BCUT2D eigenvalue weighted by molar-refractivity contribution is 0.0929. The summed E-state index contributed by atoms with van der Waals surface area (Å²) in [5.41, 5.74) is 2.20. The molecule has 0 saturated carbocycles. The first-order valence-corrected chi connectivity index (χ1v) is 9.07. The Morgan fingerprint density at radius 3 is 2.66 bits per heavy atom. The zero-order chi connectivity index (χ0) is 20.8. The molecule has 1 atom stereocenters. The fourth-order valence-electron chi connectivity index (χ4n) is 2.76. The van der Waals surface area contributed by atoms with Crippen molar-refractivity contribution < 1.29 is 14.6 Å². The van der Waals surface area contributed by atoms with E-state index in [4.69, 9.17) is 10.00 Å². The van der Waals surface area contributed by atoms with Crippen LogP contribution < -0.4 is 5.32 Å². The molecule has 2 aromatic heterocycles. The highest BCUT2D eigenvalue weighted by Crippen LogP contribution is 2.30. The zero-order valence-electron chi connectivity index (χ0n) is 16.2. The Balaban J connectivity index is 1.75. The topological polar surface area (TPSA) is 113 Å². The van der Waals surface area contributed by atoms with E-state index in [1.807, 2.05) is 6.92 Å². The average molecular weight is 391 g/mol. The fourth-order valence-corrected chi connectivity index (χ4v) is 2.76. The number of amides is 1. The van der Waals surface area contributed by atoms with Crippen LogP contribution in [0.4, 0.5) is 0 Å². The molecule has 0 fully saturated rings. The highest BCUT2D eigenvalue weighted by Gasteiger charge is 2.15. The van der Waals surface area contributed by atoms with Gasteiger partial charge >= 0.3 is 0 Å². The molecule has 0 aliphatic heterocycles. The maximum absolute atomic E-state index is 12.3. The summed E-state index contributed by atoms with van der Waals surface area (Å²) in [7, 11) is 1.62.